The lowest BCUT2D eigenvalue weighted by molar-refractivity contribution is -0.0492. The van der Waals surface area contributed by atoms with Crippen molar-refractivity contribution in [1.29, 1.82) is 0 Å². The second-order valence-corrected chi connectivity index (χ2v) is 4.40. The first-order valence-corrected chi connectivity index (χ1v) is 6.09. The molecule has 6 nitrogen and oxygen atoms in total. The standard InChI is InChI=1S/C11H12ClN3O3/c12-8-7-9-13-2-4-15(9)11(16)14(8)3-1-10-17-5-6-18-10/h2,4,7,10H,1,3,5-6H2. The van der Waals surface area contributed by atoms with Crippen LogP contribution < -0.4 is 5.69 Å². The number of hydrogen-bond acceptors (Lipinski definition) is 4. The first-order valence-electron chi connectivity index (χ1n) is 5.71. The van der Waals surface area contributed by atoms with Gasteiger partial charge >= 0.3 is 5.69 Å². The van der Waals surface area contributed by atoms with E-state index < -0.39 is 0 Å². The highest BCUT2D eigenvalue weighted by atomic mass is 35.5. The van der Waals surface area contributed by atoms with E-state index in [9.17, 15) is 4.79 Å². The molecule has 0 bridgehead atoms. The zero-order chi connectivity index (χ0) is 12.5. The SMILES string of the molecule is O=c1n(CCC2OCCO2)c(Cl)cc2nccn12. The topological polar surface area (TPSA) is 57.8 Å². The first-order chi connectivity index (χ1) is 8.75. The molecule has 0 saturated carbocycles. The summed E-state index contributed by atoms with van der Waals surface area (Å²) in [5.41, 5.74) is 0.350. The molecular formula is C11H12ClN3O3. The predicted molar refractivity (Wildman–Crippen MR) is 64.8 cm³/mol. The average molecular weight is 270 g/mol. The number of nitrogens with zero attached hydrogens (tertiary/aromatic N) is 3. The Bertz CT molecular complexity index is 616. The van der Waals surface area contributed by atoms with E-state index in [-0.39, 0.29) is 12.0 Å². The Balaban J connectivity index is 1.88. The molecule has 3 heterocycles. The maximum Gasteiger partial charge on any atom is 0.335 e. The van der Waals surface area contributed by atoms with Crippen molar-refractivity contribution in [2.24, 2.45) is 0 Å². The molecule has 18 heavy (non-hydrogen) atoms. The minimum Gasteiger partial charge on any atom is -0.350 e. The summed E-state index contributed by atoms with van der Waals surface area (Å²) in [5.74, 6) is 0. The third-order valence-electron chi connectivity index (χ3n) is 2.89. The highest BCUT2D eigenvalue weighted by Crippen LogP contribution is 2.13. The maximum atomic E-state index is 12.1. The predicted octanol–water partition coefficient (Wildman–Crippen LogP) is 0.912. The summed E-state index contributed by atoms with van der Waals surface area (Å²) in [5, 5.41) is 0.372. The fourth-order valence-electron chi connectivity index (χ4n) is 2.00. The second-order valence-electron chi connectivity index (χ2n) is 4.02. The maximum absolute atomic E-state index is 12.1. The first kappa shape index (κ1) is 11.7. The van der Waals surface area contributed by atoms with Crippen molar-refractivity contribution in [1.82, 2.24) is 14.0 Å². The van der Waals surface area contributed by atoms with Crippen molar-refractivity contribution in [2.45, 2.75) is 19.3 Å². The van der Waals surface area contributed by atoms with Crippen molar-refractivity contribution >= 4 is 17.2 Å². The lowest BCUT2D eigenvalue weighted by atomic mass is 10.4. The van der Waals surface area contributed by atoms with Gasteiger partial charge in [-0.3, -0.25) is 8.97 Å². The molecule has 0 radical (unpaired) electrons. The minimum atomic E-state index is -0.244. The van der Waals surface area contributed by atoms with E-state index in [0.29, 0.717) is 37.0 Å². The Morgan fingerprint density at radius 1 is 1.44 bits per heavy atom. The lowest BCUT2D eigenvalue weighted by Gasteiger charge is -2.12. The van der Waals surface area contributed by atoms with Crippen molar-refractivity contribution in [3.05, 3.63) is 34.1 Å². The molecule has 0 unspecified atom stereocenters. The van der Waals surface area contributed by atoms with Crippen LogP contribution in [0.1, 0.15) is 6.42 Å². The van der Waals surface area contributed by atoms with Gasteiger partial charge in [0.1, 0.15) is 10.8 Å². The van der Waals surface area contributed by atoms with E-state index in [1.807, 2.05) is 0 Å². The van der Waals surface area contributed by atoms with Crippen LogP contribution in [0.4, 0.5) is 0 Å². The number of aromatic nitrogens is 3. The molecule has 0 atom stereocenters. The quantitative estimate of drug-likeness (QED) is 0.778. The number of fused-ring (bicyclic) bond motifs is 1. The smallest absolute Gasteiger partial charge is 0.335 e. The fourth-order valence-corrected chi connectivity index (χ4v) is 2.25. The number of halogens is 1. The summed E-state index contributed by atoms with van der Waals surface area (Å²) in [6.07, 6.45) is 3.54. The molecular weight excluding hydrogens is 258 g/mol. The van der Waals surface area contributed by atoms with E-state index >= 15 is 0 Å². The Hall–Kier alpha value is -1.37. The Morgan fingerprint density at radius 3 is 3.00 bits per heavy atom. The van der Waals surface area contributed by atoms with Gasteiger partial charge in [-0.05, 0) is 0 Å². The molecule has 3 rings (SSSR count). The normalized spacial score (nSPS) is 16.7. The molecule has 0 N–H and O–H groups in total. The van der Waals surface area contributed by atoms with Gasteiger partial charge in [-0.1, -0.05) is 11.6 Å². The fraction of sp³-hybridized carbons (Fsp3) is 0.455. The third kappa shape index (κ3) is 2.03. The molecule has 2 aromatic rings. The van der Waals surface area contributed by atoms with E-state index in [1.54, 1.807) is 18.5 Å². The molecule has 1 fully saturated rings. The highest BCUT2D eigenvalue weighted by Gasteiger charge is 2.17. The van der Waals surface area contributed by atoms with Crippen LogP contribution in [0.15, 0.2) is 23.3 Å². The molecule has 0 spiro atoms. The van der Waals surface area contributed by atoms with E-state index in [2.05, 4.69) is 4.98 Å². The van der Waals surface area contributed by atoms with Crippen LogP contribution in [-0.4, -0.2) is 33.5 Å². The molecule has 7 heteroatoms. The van der Waals surface area contributed by atoms with Crippen LogP contribution in [-0.2, 0) is 16.0 Å². The van der Waals surface area contributed by atoms with Gasteiger partial charge in [-0.25, -0.2) is 9.78 Å². The zero-order valence-corrected chi connectivity index (χ0v) is 10.3. The summed E-state index contributed by atoms with van der Waals surface area (Å²) in [7, 11) is 0. The van der Waals surface area contributed by atoms with Gasteiger partial charge in [0.15, 0.2) is 6.29 Å². The molecule has 96 valence electrons. The molecule has 2 aromatic heterocycles. The Labute approximate surface area is 108 Å². The molecule has 1 aliphatic rings. The number of rotatable bonds is 3. The van der Waals surface area contributed by atoms with Crippen molar-refractivity contribution in [2.75, 3.05) is 13.2 Å². The average Bonchev–Trinajstić information content (AvgIpc) is 2.98. The lowest BCUT2D eigenvalue weighted by Crippen LogP contribution is -2.28. The van der Waals surface area contributed by atoms with E-state index in [1.165, 1.54) is 8.97 Å². The van der Waals surface area contributed by atoms with Crippen LogP contribution in [0.25, 0.3) is 5.65 Å². The van der Waals surface area contributed by atoms with E-state index in [4.69, 9.17) is 21.1 Å². The summed E-state index contributed by atoms with van der Waals surface area (Å²) in [6, 6.07) is 1.67. The van der Waals surface area contributed by atoms with Gasteiger partial charge < -0.3 is 9.47 Å². The van der Waals surface area contributed by atoms with Crippen LogP contribution in [0.2, 0.25) is 5.15 Å². The molecule has 0 amide bonds. The van der Waals surface area contributed by atoms with Crippen LogP contribution in [0.5, 0.6) is 0 Å². The summed E-state index contributed by atoms with van der Waals surface area (Å²) >= 11 is 6.08. The zero-order valence-electron chi connectivity index (χ0n) is 9.58. The Morgan fingerprint density at radius 2 is 2.22 bits per heavy atom. The van der Waals surface area contributed by atoms with Crippen LogP contribution >= 0.6 is 11.6 Å². The number of imidazole rings is 1. The largest absolute Gasteiger partial charge is 0.350 e. The van der Waals surface area contributed by atoms with Crippen LogP contribution in [0.3, 0.4) is 0 Å². The third-order valence-corrected chi connectivity index (χ3v) is 3.20. The molecule has 1 aliphatic heterocycles. The summed E-state index contributed by atoms with van der Waals surface area (Å²) < 4.78 is 13.6. The molecule has 0 aliphatic carbocycles. The van der Waals surface area contributed by atoms with Crippen molar-refractivity contribution < 1.29 is 9.47 Å². The minimum absolute atomic E-state index is 0.201. The van der Waals surface area contributed by atoms with Gasteiger partial charge in [0.05, 0.1) is 13.2 Å². The van der Waals surface area contributed by atoms with Gasteiger partial charge in [-0.2, -0.15) is 0 Å². The van der Waals surface area contributed by atoms with Gasteiger partial charge in [-0.15, -0.1) is 0 Å². The molecule has 1 saturated heterocycles. The number of ether oxygens (including phenoxy) is 2. The summed E-state index contributed by atoms with van der Waals surface area (Å²) in [4.78, 5) is 16.2. The van der Waals surface area contributed by atoms with Gasteiger partial charge in [0.25, 0.3) is 0 Å². The highest BCUT2D eigenvalue weighted by molar-refractivity contribution is 6.29. The van der Waals surface area contributed by atoms with Crippen molar-refractivity contribution in [3.63, 3.8) is 0 Å². The van der Waals surface area contributed by atoms with Crippen molar-refractivity contribution in [3.8, 4) is 0 Å². The Kier molecular flexibility index (Phi) is 3.07. The number of hydrogen-bond donors (Lipinski definition) is 0. The van der Waals surface area contributed by atoms with Gasteiger partial charge in [0.2, 0.25) is 0 Å². The van der Waals surface area contributed by atoms with E-state index in [0.717, 1.165) is 0 Å². The summed E-state index contributed by atoms with van der Waals surface area (Å²) in [6.45, 7) is 1.66. The molecule has 0 aromatic carbocycles. The monoisotopic (exact) mass is 269 g/mol. The van der Waals surface area contributed by atoms with Crippen LogP contribution in [0, 0.1) is 0 Å². The van der Waals surface area contributed by atoms with Gasteiger partial charge in [0, 0.05) is 31.4 Å². The second kappa shape index (κ2) is 4.72.